The maximum absolute atomic E-state index is 4.87. The van der Waals surface area contributed by atoms with Crippen LogP contribution in [0.3, 0.4) is 0 Å². The molecule has 1 N–H and O–H groups in total. The molecule has 1 atom stereocenters. The summed E-state index contributed by atoms with van der Waals surface area (Å²) in [5, 5.41) is 8.01. The summed E-state index contributed by atoms with van der Waals surface area (Å²) >= 11 is 0. The third kappa shape index (κ3) is 4.82. The van der Waals surface area contributed by atoms with Crippen LogP contribution in [0.5, 0.6) is 0 Å². The molecular weight excluding hydrogens is 360 g/mol. The maximum atomic E-state index is 4.87. The van der Waals surface area contributed by atoms with Gasteiger partial charge in [-0.2, -0.15) is 5.10 Å². The minimum absolute atomic E-state index is 0.453. The smallest absolute Gasteiger partial charge is 0.130 e. The highest BCUT2D eigenvalue weighted by Gasteiger charge is 2.24. The molecule has 0 radical (unpaired) electrons. The molecule has 1 aliphatic heterocycles. The van der Waals surface area contributed by atoms with Gasteiger partial charge in [-0.1, -0.05) is 6.07 Å². The first-order chi connectivity index (χ1) is 14.1. The first-order valence-electron chi connectivity index (χ1n) is 10.5. The highest BCUT2D eigenvalue weighted by atomic mass is 15.3. The number of nitrogens with zero attached hydrogens (tertiary/aromatic N) is 5. The van der Waals surface area contributed by atoms with E-state index in [9.17, 15) is 0 Å². The lowest BCUT2D eigenvalue weighted by Gasteiger charge is -2.32. The Kier molecular flexibility index (Phi) is 5.90. The van der Waals surface area contributed by atoms with Crippen molar-refractivity contribution in [1.82, 2.24) is 24.6 Å². The number of nitrogens with one attached hydrogen (secondary N) is 1. The zero-order valence-corrected chi connectivity index (χ0v) is 17.6. The molecule has 3 aromatic heterocycles. The SMILES string of the molecule is CCn1cc(CN2CCCC(c3cc(Nc4ccccn4)cc(C)n3)C2)c(C)n1. The van der Waals surface area contributed by atoms with Crippen molar-refractivity contribution in [1.29, 1.82) is 0 Å². The van der Waals surface area contributed by atoms with Gasteiger partial charge in [0, 0.05) is 60.6 Å². The number of likely N-dealkylation sites (tertiary alicyclic amines) is 1. The minimum Gasteiger partial charge on any atom is -0.340 e. The third-order valence-electron chi connectivity index (χ3n) is 5.60. The molecular formula is C23H30N6. The van der Waals surface area contributed by atoms with Crippen molar-refractivity contribution in [2.75, 3.05) is 18.4 Å². The third-order valence-corrected chi connectivity index (χ3v) is 5.60. The molecule has 3 aromatic rings. The maximum Gasteiger partial charge on any atom is 0.130 e. The molecule has 0 amide bonds. The number of pyridine rings is 2. The Morgan fingerprint density at radius 1 is 1.21 bits per heavy atom. The molecule has 4 heterocycles. The fraction of sp³-hybridized carbons (Fsp3) is 0.435. The van der Waals surface area contributed by atoms with Gasteiger partial charge in [-0.05, 0) is 64.4 Å². The quantitative estimate of drug-likeness (QED) is 0.675. The van der Waals surface area contributed by atoms with Gasteiger partial charge in [-0.3, -0.25) is 14.6 Å². The molecule has 0 spiro atoms. The van der Waals surface area contributed by atoms with Gasteiger partial charge in [-0.25, -0.2) is 4.98 Å². The van der Waals surface area contributed by atoms with Gasteiger partial charge in [0.25, 0.3) is 0 Å². The molecule has 6 nitrogen and oxygen atoms in total. The average Bonchev–Trinajstić information content (AvgIpc) is 3.08. The molecule has 4 rings (SSSR count). The molecule has 1 unspecified atom stereocenters. The molecule has 152 valence electrons. The van der Waals surface area contributed by atoms with E-state index < -0.39 is 0 Å². The van der Waals surface area contributed by atoms with Gasteiger partial charge < -0.3 is 5.32 Å². The van der Waals surface area contributed by atoms with Crippen molar-refractivity contribution in [3.05, 3.63) is 65.4 Å². The van der Waals surface area contributed by atoms with Crippen LogP contribution in [-0.4, -0.2) is 37.7 Å². The molecule has 0 aromatic carbocycles. The van der Waals surface area contributed by atoms with Crippen LogP contribution >= 0.6 is 0 Å². The normalized spacial score (nSPS) is 17.4. The van der Waals surface area contributed by atoms with Crippen LogP contribution < -0.4 is 5.32 Å². The van der Waals surface area contributed by atoms with E-state index in [4.69, 9.17) is 4.98 Å². The molecule has 1 saturated heterocycles. The summed E-state index contributed by atoms with van der Waals surface area (Å²) in [6, 6.07) is 10.2. The van der Waals surface area contributed by atoms with Crippen LogP contribution in [0.2, 0.25) is 0 Å². The van der Waals surface area contributed by atoms with E-state index in [1.54, 1.807) is 6.20 Å². The number of hydrogen-bond acceptors (Lipinski definition) is 5. The summed E-state index contributed by atoms with van der Waals surface area (Å²) in [5.74, 6) is 1.31. The molecule has 6 heteroatoms. The number of aromatic nitrogens is 4. The Bertz CT molecular complexity index is 949. The summed E-state index contributed by atoms with van der Waals surface area (Å²) < 4.78 is 2.03. The molecule has 1 aliphatic rings. The van der Waals surface area contributed by atoms with Gasteiger partial charge in [0.05, 0.1) is 5.69 Å². The van der Waals surface area contributed by atoms with Gasteiger partial charge in [-0.15, -0.1) is 0 Å². The van der Waals surface area contributed by atoms with Crippen LogP contribution in [0.4, 0.5) is 11.5 Å². The molecule has 0 bridgehead atoms. The second-order valence-electron chi connectivity index (χ2n) is 7.93. The molecule has 29 heavy (non-hydrogen) atoms. The van der Waals surface area contributed by atoms with Crippen LogP contribution in [0.15, 0.2) is 42.7 Å². The zero-order valence-electron chi connectivity index (χ0n) is 17.6. The lowest BCUT2D eigenvalue weighted by Crippen LogP contribution is -2.34. The van der Waals surface area contributed by atoms with Crippen LogP contribution in [0.25, 0.3) is 0 Å². The van der Waals surface area contributed by atoms with E-state index in [-0.39, 0.29) is 0 Å². The van der Waals surface area contributed by atoms with Gasteiger partial charge in [0.2, 0.25) is 0 Å². The highest BCUT2D eigenvalue weighted by molar-refractivity contribution is 5.57. The molecule has 1 fully saturated rings. The first kappa shape index (κ1) is 19.6. The largest absolute Gasteiger partial charge is 0.340 e. The number of piperidine rings is 1. The van der Waals surface area contributed by atoms with E-state index in [0.29, 0.717) is 5.92 Å². The fourth-order valence-corrected chi connectivity index (χ4v) is 4.12. The standard InChI is InChI=1S/C23H30N6/c1-4-29-16-20(18(3)27-29)15-28-11-7-8-19(14-28)22-13-21(12-17(2)25-22)26-23-9-5-6-10-24-23/h5-6,9-10,12-13,16,19H,4,7-8,11,14-15H2,1-3H3,(H,24,25,26). The van der Waals surface area contributed by atoms with E-state index in [1.807, 2.05) is 22.9 Å². The molecule has 0 aliphatic carbocycles. The van der Waals surface area contributed by atoms with Gasteiger partial charge in [0.1, 0.15) is 5.82 Å². The van der Waals surface area contributed by atoms with Crippen LogP contribution in [-0.2, 0) is 13.1 Å². The van der Waals surface area contributed by atoms with Crippen molar-refractivity contribution in [2.45, 2.75) is 52.6 Å². The Morgan fingerprint density at radius 2 is 2.10 bits per heavy atom. The first-order valence-corrected chi connectivity index (χ1v) is 10.5. The highest BCUT2D eigenvalue weighted by Crippen LogP contribution is 2.29. The number of rotatable bonds is 6. The predicted octanol–water partition coefficient (Wildman–Crippen LogP) is 4.43. The minimum atomic E-state index is 0.453. The van der Waals surface area contributed by atoms with Gasteiger partial charge >= 0.3 is 0 Å². The van der Waals surface area contributed by atoms with E-state index in [1.165, 1.54) is 24.1 Å². The predicted molar refractivity (Wildman–Crippen MR) is 116 cm³/mol. The van der Waals surface area contributed by atoms with E-state index in [0.717, 1.165) is 49.1 Å². The summed E-state index contributed by atoms with van der Waals surface area (Å²) in [5.41, 5.74) is 5.75. The van der Waals surface area contributed by atoms with Crippen LogP contribution in [0, 0.1) is 13.8 Å². The van der Waals surface area contributed by atoms with Crippen molar-refractivity contribution >= 4 is 11.5 Å². The topological polar surface area (TPSA) is 58.9 Å². The average molecular weight is 391 g/mol. The van der Waals surface area contributed by atoms with E-state index >= 15 is 0 Å². The summed E-state index contributed by atoms with van der Waals surface area (Å²) in [4.78, 5) is 11.8. The fourth-order valence-electron chi connectivity index (χ4n) is 4.12. The zero-order chi connectivity index (χ0) is 20.2. The van der Waals surface area contributed by atoms with Crippen molar-refractivity contribution < 1.29 is 0 Å². The number of hydrogen-bond donors (Lipinski definition) is 1. The Balaban J connectivity index is 1.48. The lowest BCUT2D eigenvalue weighted by molar-refractivity contribution is 0.198. The lowest BCUT2D eigenvalue weighted by atomic mass is 9.93. The molecule has 0 saturated carbocycles. The Hall–Kier alpha value is -2.73. The van der Waals surface area contributed by atoms with Gasteiger partial charge in [0.15, 0.2) is 0 Å². The number of aryl methyl sites for hydroxylation is 3. The van der Waals surface area contributed by atoms with Crippen molar-refractivity contribution in [3.63, 3.8) is 0 Å². The van der Waals surface area contributed by atoms with E-state index in [2.05, 4.69) is 59.4 Å². The van der Waals surface area contributed by atoms with Crippen molar-refractivity contribution in [2.24, 2.45) is 0 Å². The summed E-state index contributed by atoms with van der Waals surface area (Å²) in [6.45, 7) is 10.4. The Labute approximate surface area is 173 Å². The second kappa shape index (κ2) is 8.74. The van der Waals surface area contributed by atoms with Crippen molar-refractivity contribution in [3.8, 4) is 0 Å². The summed E-state index contributed by atoms with van der Waals surface area (Å²) in [7, 11) is 0. The Morgan fingerprint density at radius 3 is 2.86 bits per heavy atom. The monoisotopic (exact) mass is 390 g/mol. The second-order valence-corrected chi connectivity index (χ2v) is 7.93. The number of anilines is 2. The summed E-state index contributed by atoms with van der Waals surface area (Å²) in [6.07, 6.45) is 6.38. The van der Waals surface area contributed by atoms with Crippen LogP contribution in [0.1, 0.15) is 48.3 Å².